The lowest BCUT2D eigenvalue weighted by Gasteiger charge is -2.32. The van der Waals surface area contributed by atoms with E-state index in [-0.39, 0.29) is 0 Å². The number of hydrogen-bond donors (Lipinski definition) is 2. The van der Waals surface area contributed by atoms with Gasteiger partial charge in [0.15, 0.2) is 0 Å². The first-order valence-electron chi connectivity index (χ1n) is 6.90. The number of anilines is 2. The van der Waals surface area contributed by atoms with Crippen molar-refractivity contribution in [1.82, 2.24) is 9.88 Å². The van der Waals surface area contributed by atoms with Crippen LogP contribution < -0.4 is 10.6 Å². The van der Waals surface area contributed by atoms with Crippen molar-refractivity contribution in [2.24, 2.45) is 0 Å². The highest BCUT2D eigenvalue weighted by Gasteiger charge is 2.16. The number of likely N-dealkylation sites (tertiary alicyclic amines) is 1. The van der Waals surface area contributed by atoms with Gasteiger partial charge in [0.1, 0.15) is 0 Å². The van der Waals surface area contributed by atoms with Gasteiger partial charge < -0.3 is 10.6 Å². The van der Waals surface area contributed by atoms with Gasteiger partial charge in [0.2, 0.25) is 0 Å². The average Bonchev–Trinajstić information content (AvgIpc) is 2.46. The van der Waals surface area contributed by atoms with Crippen molar-refractivity contribution >= 4 is 11.4 Å². The molecule has 1 aliphatic heterocycles. The quantitative estimate of drug-likeness (QED) is 0.839. The first-order chi connectivity index (χ1) is 8.79. The van der Waals surface area contributed by atoms with E-state index in [1.54, 1.807) is 0 Å². The molecule has 4 heteroatoms. The lowest BCUT2D eigenvalue weighted by Crippen LogP contribution is -2.41. The van der Waals surface area contributed by atoms with E-state index in [0.717, 1.165) is 17.9 Å². The van der Waals surface area contributed by atoms with E-state index < -0.39 is 0 Å². The Kier molecular flexibility index (Phi) is 4.81. The molecule has 100 valence electrons. The summed E-state index contributed by atoms with van der Waals surface area (Å²) in [7, 11) is 1.91. The molecular weight excluding hydrogens is 224 g/mol. The first kappa shape index (κ1) is 13.1. The molecule has 1 aliphatic rings. The minimum absolute atomic E-state index is 0.587. The smallest absolute Gasteiger partial charge is 0.0548 e. The summed E-state index contributed by atoms with van der Waals surface area (Å²) in [6.07, 6.45) is 7.80. The highest BCUT2D eigenvalue weighted by atomic mass is 15.2. The lowest BCUT2D eigenvalue weighted by atomic mass is 10.1. The second-order valence-electron chi connectivity index (χ2n) is 5.04. The van der Waals surface area contributed by atoms with Gasteiger partial charge in [-0.1, -0.05) is 6.42 Å². The highest BCUT2D eigenvalue weighted by Crippen LogP contribution is 2.15. The molecule has 0 amide bonds. The largest absolute Gasteiger partial charge is 0.387 e. The SMILES string of the molecule is CNc1cncc(NCC(C)N2CCCCC2)c1. The van der Waals surface area contributed by atoms with Crippen LogP contribution in [0.2, 0.25) is 0 Å². The maximum Gasteiger partial charge on any atom is 0.0548 e. The van der Waals surface area contributed by atoms with E-state index in [2.05, 4.69) is 33.5 Å². The molecule has 0 aromatic carbocycles. The number of piperidine rings is 1. The van der Waals surface area contributed by atoms with E-state index in [1.165, 1.54) is 32.4 Å². The van der Waals surface area contributed by atoms with Gasteiger partial charge in [-0.25, -0.2) is 0 Å². The van der Waals surface area contributed by atoms with Crippen molar-refractivity contribution in [2.75, 3.05) is 37.3 Å². The first-order valence-corrected chi connectivity index (χ1v) is 6.90. The molecule has 0 spiro atoms. The second kappa shape index (κ2) is 6.59. The van der Waals surface area contributed by atoms with Crippen LogP contribution in [0.3, 0.4) is 0 Å². The monoisotopic (exact) mass is 248 g/mol. The summed E-state index contributed by atoms with van der Waals surface area (Å²) in [5.74, 6) is 0. The Balaban J connectivity index is 1.82. The molecule has 0 saturated carbocycles. The zero-order chi connectivity index (χ0) is 12.8. The van der Waals surface area contributed by atoms with Gasteiger partial charge in [0.25, 0.3) is 0 Å². The summed E-state index contributed by atoms with van der Waals surface area (Å²) in [6, 6.07) is 2.68. The van der Waals surface area contributed by atoms with E-state index in [9.17, 15) is 0 Å². The molecular formula is C14H24N4. The molecule has 0 aliphatic carbocycles. The molecule has 0 radical (unpaired) electrons. The second-order valence-corrected chi connectivity index (χ2v) is 5.04. The predicted molar refractivity (Wildman–Crippen MR) is 77.2 cm³/mol. The summed E-state index contributed by atoms with van der Waals surface area (Å²) < 4.78 is 0. The van der Waals surface area contributed by atoms with E-state index in [1.807, 2.05) is 19.4 Å². The molecule has 1 saturated heterocycles. The lowest BCUT2D eigenvalue weighted by molar-refractivity contribution is 0.180. The normalized spacial score (nSPS) is 18.3. The Morgan fingerprint density at radius 2 is 1.94 bits per heavy atom. The molecule has 0 bridgehead atoms. The van der Waals surface area contributed by atoms with E-state index >= 15 is 0 Å². The summed E-state index contributed by atoms with van der Waals surface area (Å²) in [6.45, 7) is 5.78. The number of hydrogen-bond acceptors (Lipinski definition) is 4. The van der Waals surface area contributed by atoms with Crippen molar-refractivity contribution in [1.29, 1.82) is 0 Å². The minimum Gasteiger partial charge on any atom is -0.387 e. The molecule has 1 aromatic heterocycles. The van der Waals surface area contributed by atoms with Crippen LogP contribution in [0.1, 0.15) is 26.2 Å². The van der Waals surface area contributed by atoms with Crippen LogP contribution >= 0.6 is 0 Å². The van der Waals surface area contributed by atoms with Gasteiger partial charge >= 0.3 is 0 Å². The maximum atomic E-state index is 4.21. The predicted octanol–water partition coefficient (Wildman–Crippen LogP) is 2.41. The third-order valence-corrected chi connectivity index (χ3v) is 3.64. The van der Waals surface area contributed by atoms with Crippen molar-refractivity contribution in [2.45, 2.75) is 32.2 Å². The summed E-state index contributed by atoms with van der Waals surface area (Å²) in [5, 5.41) is 6.58. The van der Waals surface area contributed by atoms with Gasteiger partial charge in [-0.05, 0) is 38.9 Å². The van der Waals surface area contributed by atoms with Crippen molar-refractivity contribution < 1.29 is 0 Å². The fraction of sp³-hybridized carbons (Fsp3) is 0.643. The van der Waals surface area contributed by atoms with Crippen LogP contribution in [0.5, 0.6) is 0 Å². The molecule has 1 atom stereocenters. The van der Waals surface area contributed by atoms with Gasteiger partial charge in [-0.3, -0.25) is 9.88 Å². The maximum absolute atomic E-state index is 4.21. The summed E-state index contributed by atoms with van der Waals surface area (Å²) in [5.41, 5.74) is 2.14. The Bertz CT molecular complexity index is 361. The number of nitrogens with zero attached hydrogens (tertiary/aromatic N) is 2. The molecule has 1 aromatic rings. The van der Waals surface area contributed by atoms with Gasteiger partial charge in [-0.15, -0.1) is 0 Å². The molecule has 2 N–H and O–H groups in total. The molecule has 1 fully saturated rings. The summed E-state index contributed by atoms with van der Waals surface area (Å²) >= 11 is 0. The Morgan fingerprint density at radius 1 is 1.22 bits per heavy atom. The standard InChI is InChI=1S/C14H24N4/c1-12(18-6-4-3-5-7-18)9-17-14-8-13(15-2)10-16-11-14/h8,10-12,15,17H,3-7,9H2,1-2H3. The number of nitrogens with one attached hydrogen (secondary N) is 2. The van der Waals surface area contributed by atoms with Crippen LogP contribution in [-0.4, -0.2) is 42.6 Å². The summed E-state index contributed by atoms with van der Waals surface area (Å²) in [4.78, 5) is 6.78. The van der Waals surface area contributed by atoms with Crippen LogP contribution in [-0.2, 0) is 0 Å². The fourth-order valence-electron chi connectivity index (χ4n) is 2.43. The Hall–Kier alpha value is -1.29. The number of pyridine rings is 1. The van der Waals surface area contributed by atoms with Gasteiger partial charge in [0, 0.05) is 19.6 Å². The third-order valence-electron chi connectivity index (χ3n) is 3.64. The van der Waals surface area contributed by atoms with Crippen molar-refractivity contribution in [3.63, 3.8) is 0 Å². The van der Waals surface area contributed by atoms with Crippen molar-refractivity contribution in [3.8, 4) is 0 Å². The average molecular weight is 248 g/mol. The highest BCUT2D eigenvalue weighted by molar-refractivity contribution is 5.53. The fourth-order valence-corrected chi connectivity index (χ4v) is 2.43. The molecule has 1 unspecified atom stereocenters. The van der Waals surface area contributed by atoms with E-state index in [0.29, 0.717) is 6.04 Å². The third kappa shape index (κ3) is 3.60. The van der Waals surface area contributed by atoms with Crippen LogP contribution in [0, 0.1) is 0 Å². The zero-order valence-corrected chi connectivity index (χ0v) is 11.4. The minimum atomic E-state index is 0.587. The zero-order valence-electron chi connectivity index (χ0n) is 11.4. The molecule has 2 rings (SSSR count). The molecule has 4 nitrogen and oxygen atoms in total. The van der Waals surface area contributed by atoms with Crippen LogP contribution in [0.4, 0.5) is 11.4 Å². The van der Waals surface area contributed by atoms with Crippen LogP contribution in [0.25, 0.3) is 0 Å². The number of rotatable bonds is 5. The molecule has 18 heavy (non-hydrogen) atoms. The topological polar surface area (TPSA) is 40.2 Å². The molecule has 2 heterocycles. The van der Waals surface area contributed by atoms with E-state index in [4.69, 9.17) is 0 Å². The van der Waals surface area contributed by atoms with Crippen molar-refractivity contribution in [3.05, 3.63) is 18.5 Å². The van der Waals surface area contributed by atoms with Gasteiger partial charge in [0.05, 0.1) is 23.8 Å². The Morgan fingerprint density at radius 3 is 2.67 bits per heavy atom. The number of aromatic nitrogens is 1. The van der Waals surface area contributed by atoms with Gasteiger partial charge in [-0.2, -0.15) is 0 Å². The Labute approximate surface area is 110 Å². The van der Waals surface area contributed by atoms with Crippen LogP contribution in [0.15, 0.2) is 18.5 Å².